The molecule has 0 spiro atoms. The Hall–Kier alpha value is -0.220. The quantitative estimate of drug-likeness (QED) is 0.756. The SMILES string of the molecule is CSCCC(C)N(C)C(=O)C(C)(C)CN. The van der Waals surface area contributed by atoms with Gasteiger partial charge in [-0.1, -0.05) is 0 Å². The van der Waals surface area contributed by atoms with Gasteiger partial charge >= 0.3 is 0 Å². The van der Waals surface area contributed by atoms with E-state index < -0.39 is 5.41 Å². The zero-order valence-corrected chi connectivity index (χ0v) is 11.4. The van der Waals surface area contributed by atoms with Crippen molar-refractivity contribution in [3.63, 3.8) is 0 Å². The van der Waals surface area contributed by atoms with E-state index in [0.717, 1.165) is 12.2 Å². The summed E-state index contributed by atoms with van der Waals surface area (Å²) >= 11 is 1.81. The van der Waals surface area contributed by atoms with Crippen molar-refractivity contribution in [1.29, 1.82) is 0 Å². The fraction of sp³-hybridized carbons (Fsp3) is 0.909. The number of thioether (sulfide) groups is 1. The lowest BCUT2D eigenvalue weighted by Crippen LogP contribution is -2.46. The third-order valence-electron chi connectivity index (χ3n) is 2.81. The highest BCUT2D eigenvalue weighted by Crippen LogP contribution is 2.18. The predicted molar refractivity (Wildman–Crippen MR) is 68.1 cm³/mol. The highest BCUT2D eigenvalue weighted by atomic mass is 32.2. The van der Waals surface area contributed by atoms with Crippen molar-refractivity contribution < 1.29 is 4.79 Å². The van der Waals surface area contributed by atoms with Crippen molar-refractivity contribution in [2.75, 3.05) is 25.6 Å². The van der Waals surface area contributed by atoms with Crippen molar-refractivity contribution in [3.05, 3.63) is 0 Å². The van der Waals surface area contributed by atoms with Crippen LogP contribution in [0.25, 0.3) is 0 Å². The fourth-order valence-corrected chi connectivity index (χ4v) is 1.82. The molecule has 0 aromatic heterocycles. The fourth-order valence-electron chi connectivity index (χ4n) is 1.25. The zero-order valence-electron chi connectivity index (χ0n) is 10.5. The maximum absolute atomic E-state index is 12.0. The number of nitrogens with two attached hydrogens (primary N) is 1. The second-order valence-electron chi connectivity index (χ2n) is 4.63. The molecular formula is C11H24N2OS. The van der Waals surface area contributed by atoms with Crippen LogP contribution >= 0.6 is 11.8 Å². The van der Waals surface area contributed by atoms with Crippen molar-refractivity contribution in [2.45, 2.75) is 33.2 Å². The van der Waals surface area contributed by atoms with Crippen molar-refractivity contribution in [3.8, 4) is 0 Å². The molecule has 15 heavy (non-hydrogen) atoms. The molecule has 0 heterocycles. The number of amides is 1. The largest absolute Gasteiger partial charge is 0.343 e. The first kappa shape index (κ1) is 14.8. The van der Waals surface area contributed by atoms with E-state index in [9.17, 15) is 4.79 Å². The van der Waals surface area contributed by atoms with Crippen LogP contribution in [0.4, 0.5) is 0 Å². The van der Waals surface area contributed by atoms with Gasteiger partial charge in [0.1, 0.15) is 0 Å². The predicted octanol–water partition coefficient (Wildman–Crippen LogP) is 1.57. The first-order valence-electron chi connectivity index (χ1n) is 5.33. The van der Waals surface area contributed by atoms with Crippen LogP contribution in [0, 0.1) is 5.41 Å². The van der Waals surface area contributed by atoms with Gasteiger partial charge in [0.15, 0.2) is 0 Å². The summed E-state index contributed by atoms with van der Waals surface area (Å²) in [5, 5.41) is 0. The van der Waals surface area contributed by atoms with E-state index in [4.69, 9.17) is 5.73 Å². The van der Waals surface area contributed by atoms with E-state index in [1.165, 1.54) is 0 Å². The molecule has 1 unspecified atom stereocenters. The molecule has 4 heteroatoms. The van der Waals surface area contributed by atoms with Crippen LogP contribution in [-0.2, 0) is 4.79 Å². The molecule has 0 aromatic carbocycles. The van der Waals surface area contributed by atoms with E-state index in [0.29, 0.717) is 6.54 Å². The maximum Gasteiger partial charge on any atom is 0.229 e. The molecule has 0 aromatic rings. The Bertz CT molecular complexity index is 207. The number of hydrogen-bond acceptors (Lipinski definition) is 3. The molecule has 0 saturated carbocycles. The first-order valence-corrected chi connectivity index (χ1v) is 6.72. The van der Waals surface area contributed by atoms with Crippen LogP contribution in [0.2, 0.25) is 0 Å². The summed E-state index contributed by atoms with van der Waals surface area (Å²) in [6.45, 7) is 6.27. The van der Waals surface area contributed by atoms with Gasteiger partial charge in [0.05, 0.1) is 5.41 Å². The molecular weight excluding hydrogens is 208 g/mol. The molecule has 0 aliphatic heterocycles. The van der Waals surface area contributed by atoms with Crippen molar-refractivity contribution >= 4 is 17.7 Å². The highest BCUT2D eigenvalue weighted by molar-refractivity contribution is 7.98. The van der Waals surface area contributed by atoms with Gasteiger partial charge in [-0.05, 0) is 39.2 Å². The number of rotatable bonds is 6. The van der Waals surface area contributed by atoms with Gasteiger partial charge in [-0.15, -0.1) is 0 Å². The summed E-state index contributed by atoms with van der Waals surface area (Å²) < 4.78 is 0. The Balaban J connectivity index is 4.31. The molecule has 1 amide bonds. The minimum absolute atomic E-state index is 0.138. The number of carbonyl (C=O) groups is 1. The summed E-state index contributed by atoms with van der Waals surface area (Å²) in [5.41, 5.74) is 5.15. The van der Waals surface area contributed by atoms with Crippen LogP contribution in [0.15, 0.2) is 0 Å². The highest BCUT2D eigenvalue weighted by Gasteiger charge is 2.30. The molecule has 0 fully saturated rings. The van der Waals surface area contributed by atoms with Gasteiger partial charge in [-0.3, -0.25) is 4.79 Å². The van der Waals surface area contributed by atoms with Crippen LogP contribution in [0.5, 0.6) is 0 Å². The average Bonchev–Trinajstić information content (AvgIpc) is 2.23. The summed E-state index contributed by atoms with van der Waals surface area (Å²) in [6, 6.07) is 0.288. The number of hydrogen-bond donors (Lipinski definition) is 1. The van der Waals surface area contributed by atoms with Crippen LogP contribution in [0.3, 0.4) is 0 Å². The molecule has 0 bridgehead atoms. The first-order chi connectivity index (χ1) is 6.86. The standard InChI is InChI=1S/C11H24N2OS/c1-9(6-7-15-5)13(4)10(14)11(2,3)8-12/h9H,6-8,12H2,1-5H3. The Kier molecular flexibility index (Phi) is 6.29. The van der Waals surface area contributed by atoms with Crippen LogP contribution in [-0.4, -0.2) is 42.4 Å². The van der Waals surface area contributed by atoms with Gasteiger partial charge in [0.2, 0.25) is 5.91 Å². The second kappa shape index (κ2) is 6.38. The number of carbonyl (C=O) groups excluding carboxylic acids is 1. The lowest BCUT2D eigenvalue weighted by atomic mass is 9.91. The lowest BCUT2D eigenvalue weighted by Gasteiger charge is -2.32. The second-order valence-corrected chi connectivity index (χ2v) is 5.62. The van der Waals surface area contributed by atoms with Gasteiger partial charge in [0, 0.05) is 19.6 Å². The van der Waals surface area contributed by atoms with Crippen molar-refractivity contribution in [1.82, 2.24) is 4.90 Å². The van der Waals surface area contributed by atoms with Crippen LogP contribution in [0.1, 0.15) is 27.2 Å². The van der Waals surface area contributed by atoms with Gasteiger partial charge < -0.3 is 10.6 Å². The van der Waals surface area contributed by atoms with Gasteiger partial charge in [0.25, 0.3) is 0 Å². The summed E-state index contributed by atoms with van der Waals surface area (Å²) in [5.74, 6) is 1.22. The Morgan fingerprint density at radius 3 is 2.47 bits per heavy atom. The van der Waals surface area contributed by atoms with Crippen LogP contribution < -0.4 is 5.73 Å². The van der Waals surface area contributed by atoms with Gasteiger partial charge in [-0.2, -0.15) is 11.8 Å². The van der Waals surface area contributed by atoms with Crippen molar-refractivity contribution in [2.24, 2.45) is 11.1 Å². The molecule has 90 valence electrons. The molecule has 0 aliphatic carbocycles. The summed E-state index contributed by atoms with van der Waals surface area (Å²) in [7, 11) is 1.87. The van der Waals surface area contributed by atoms with E-state index >= 15 is 0 Å². The normalized spacial score (nSPS) is 13.7. The third-order valence-corrected chi connectivity index (χ3v) is 3.45. The molecule has 0 rings (SSSR count). The van der Waals surface area contributed by atoms with E-state index in [1.54, 1.807) is 0 Å². The molecule has 1 atom stereocenters. The lowest BCUT2D eigenvalue weighted by molar-refractivity contribution is -0.140. The minimum atomic E-state index is -0.442. The summed E-state index contributed by atoms with van der Waals surface area (Å²) in [6.07, 6.45) is 3.11. The maximum atomic E-state index is 12.0. The molecule has 0 radical (unpaired) electrons. The monoisotopic (exact) mass is 232 g/mol. The molecule has 0 saturated heterocycles. The van der Waals surface area contributed by atoms with E-state index in [2.05, 4.69) is 13.2 Å². The van der Waals surface area contributed by atoms with Gasteiger partial charge in [-0.25, -0.2) is 0 Å². The average molecular weight is 232 g/mol. The van der Waals surface area contributed by atoms with E-state index in [-0.39, 0.29) is 11.9 Å². The summed E-state index contributed by atoms with van der Waals surface area (Å²) in [4.78, 5) is 13.9. The Morgan fingerprint density at radius 2 is 2.07 bits per heavy atom. The smallest absolute Gasteiger partial charge is 0.229 e. The topological polar surface area (TPSA) is 46.3 Å². The Morgan fingerprint density at radius 1 is 1.53 bits per heavy atom. The minimum Gasteiger partial charge on any atom is -0.343 e. The number of nitrogens with zero attached hydrogens (tertiary/aromatic N) is 1. The zero-order chi connectivity index (χ0) is 12.1. The third kappa shape index (κ3) is 4.43. The molecule has 0 aliphatic rings. The Labute approximate surface area is 97.8 Å². The molecule has 2 N–H and O–H groups in total. The molecule has 3 nitrogen and oxygen atoms in total. The van der Waals surface area contributed by atoms with E-state index in [1.807, 2.05) is 37.6 Å².